The second-order valence-corrected chi connectivity index (χ2v) is 8.22. The number of nitrogen functional groups attached to an aromatic ring is 1. The average molecular weight is 443 g/mol. The van der Waals surface area contributed by atoms with Gasteiger partial charge in [0.25, 0.3) is 5.91 Å². The van der Waals surface area contributed by atoms with Crippen LogP contribution in [0.1, 0.15) is 16.2 Å². The molecule has 5 rings (SSSR count). The number of amides is 1. The first-order valence-electron chi connectivity index (χ1n) is 11.0. The van der Waals surface area contributed by atoms with Gasteiger partial charge in [0.2, 0.25) is 5.95 Å². The van der Waals surface area contributed by atoms with E-state index in [-0.39, 0.29) is 11.9 Å². The molecule has 0 unspecified atom stereocenters. The molecular formula is C24H26N8O. The number of aromatic nitrogens is 4. The Labute approximate surface area is 191 Å². The number of aromatic amines is 1. The van der Waals surface area contributed by atoms with Crippen LogP contribution in [0, 0.1) is 0 Å². The van der Waals surface area contributed by atoms with Gasteiger partial charge in [0.1, 0.15) is 11.6 Å². The molecule has 0 saturated carbocycles. The van der Waals surface area contributed by atoms with Crippen molar-refractivity contribution in [3.05, 3.63) is 66.0 Å². The monoisotopic (exact) mass is 442 g/mol. The van der Waals surface area contributed by atoms with Crippen LogP contribution in [0.25, 0.3) is 22.3 Å². The van der Waals surface area contributed by atoms with E-state index in [2.05, 4.69) is 37.2 Å². The summed E-state index contributed by atoms with van der Waals surface area (Å²) in [7, 11) is 2.07. The quantitative estimate of drug-likeness (QED) is 0.435. The Morgan fingerprint density at radius 1 is 1.03 bits per heavy atom. The Balaban J connectivity index is 1.29. The van der Waals surface area contributed by atoms with Gasteiger partial charge < -0.3 is 25.8 Å². The molecule has 0 atom stereocenters. The predicted octanol–water partition coefficient (Wildman–Crippen LogP) is 2.60. The number of piperazine rings is 1. The first-order chi connectivity index (χ1) is 16.0. The fourth-order valence-electron chi connectivity index (χ4n) is 3.94. The summed E-state index contributed by atoms with van der Waals surface area (Å²) in [4.78, 5) is 33.4. The number of carbonyl (C=O) groups is 1. The summed E-state index contributed by atoms with van der Waals surface area (Å²) >= 11 is 0. The van der Waals surface area contributed by atoms with Gasteiger partial charge in [-0.25, -0.2) is 9.97 Å². The summed E-state index contributed by atoms with van der Waals surface area (Å²) < 4.78 is 0. The number of para-hydroxylation sites is 2. The molecule has 0 spiro atoms. The first-order valence-corrected chi connectivity index (χ1v) is 11.0. The van der Waals surface area contributed by atoms with E-state index in [0.717, 1.165) is 48.6 Å². The van der Waals surface area contributed by atoms with E-state index in [4.69, 9.17) is 5.73 Å². The van der Waals surface area contributed by atoms with E-state index in [1.54, 1.807) is 0 Å². The molecule has 168 valence electrons. The van der Waals surface area contributed by atoms with Gasteiger partial charge in [0.05, 0.1) is 23.3 Å². The van der Waals surface area contributed by atoms with Crippen molar-refractivity contribution in [1.82, 2.24) is 29.7 Å². The van der Waals surface area contributed by atoms with Gasteiger partial charge >= 0.3 is 0 Å². The Morgan fingerprint density at radius 2 is 1.79 bits per heavy atom. The van der Waals surface area contributed by atoms with Crippen LogP contribution in [0.15, 0.2) is 54.6 Å². The summed E-state index contributed by atoms with van der Waals surface area (Å²) in [5, 5.41) is 3.26. The van der Waals surface area contributed by atoms with Crippen molar-refractivity contribution in [2.24, 2.45) is 0 Å². The third-order valence-electron chi connectivity index (χ3n) is 5.84. The molecular weight excluding hydrogens is 416 g/mol. The highest BCUT2D eigenvalue weighted by atomic mass is 16.2. The number of nitrogens with one attached hydrogen (secondary N) is 2. The number of rotatable bonds is 5. The predicted molar refractivity (Wildman–Crippen MR) is 129 cm³/mol. The number of imidazole rings is 1. The van der Waals surface area contributed by atoms with E-state index in [1.165, 1.54) is 0 Å². The van der Waals surface area contributed by atoms with Crippen LogP contribution in [0.4, 0.5) is 11.8 Å². The lowest BCUT2D eigenvalue weighted by Gasteiger charge is -2.32. The van der Waals surface area contributed by atoms with E-state index < -0.39 is 0 Å². The molecule has 1 fully saturated rings. The molecule has 4 N–H and O–H groups in total. The fraction of sp³-hybridized carbons (Fsp3) is 0.250. The molecule has 0 radical (unpaired) electrons. The van der Waals surface area contributed by atoms with Crippen molar-refractivity contribution in [3.8, 4) is 11.3 Å². The minimum atomic E-state index is 0.0602. The van der Waals surface area contributed by atoms with Gasteiger partial charge in [-0.05, 0) is 31.3 Å². The summed E-state index contributed by atoms with van der Waals surface area (Å²) in [5.41, 5.74) is 10.1. The molecule has 9 nitrogen and oxygen atoms in total. The second-order valence-electron chi connectivity index (χ2n) is 8.22. The lowest BCUT2D eigenvalue weighted by atomic mass is 10.1. The summed E-state index contributed by atoms with van der Waals surface area (Å²) in [6.07, 6.45) is 0. The van der Waals surface area contributed by atoms with Crippen molar-refractivity contribution in [1.29, 1.82) is 0 Å². The topological polar surface area (TPSA) is 116 Å². The van der Waals surface area contributed by atoms with E-state index in [9.17, 15) is 4.79 Å². The molecule has 33 heavy (non-hydrogen) atoms. The lowest BCUT2D eigenvalue weighted by molar-refractivity contribution is 0.0664. The van der Waals surface area contributed by atoms with Crippen molar-refractivity contribution in [3.63, 3.8) is 0 Å². The zero-order chi connectivity index (χ0) is 22.8. The highest BCUT2D eigenvalue weighted by Gasteiger charge is 2.20. The zero-order valence-electron chi connectivity index (χ0n) is 18.5. The molecule has 0 aliphatic carbocycles. The highest BCUT2D eigenvalue weighted by molar-refractivity contribution is 5.94. The number of benzene rings is 2. The molecule has 1 aliphatic heterocycles. The maximum absolute atomic E-state index is 12.8. The summed E-state index contributed by atoms with van der Waals surface area (Å²) in [5.74, 6) is 1.65. The summed E-state index contributed by atoms with van der Waals surface area (Å²) in [6.45, 7) is 3.77. The molecule has 1 aliphatic rings. The molecule has 1 amide bonds. The minimum Gasteiger partial charge on any atom is -0.368 e. The minimum absolute atomic E-state index is 0.0602. The number of fused-ring (bicyclic) bond motifs is 1. The molecule has 2 aromatic heterocycles. The number of carbonyl (C=O) groups excluding carboxylic acids is 1. The van der Waals surface area contributed by atoms with Crippen LogP contribution in [0.5, 0.6) is 0 Å². The first kappa shape index (κ1) is 20.9. The van der Waals surface area contributed by atoms with Crippen LogP contribution in [-0.2, 0) is 6.54 Å². The number of hydrogen-bond acceptors (Lipinski definition) is 7. The van der Waals surface area contributed by atoms with Gasteiger partial charge in [0.15, 0.2) is 0 Å². The number of nitrogens with zero attached hydrogens (tertiary/aromatic N) is 5. The van der Waals surface area contributed by atoms with Crippen LogP contribution < -0.4 is 11.1 Å². The van der Waals surface area contributed by atoms with Crippen LogP contribution >= 0.6 is 0 Å². The summed E-state index contributed by atoms with van der Waals surface area (Å²) in [6, 6.07) is 17.2. The highest BCUT2D eigenvalue weighted by Crippen LogP contribution is 2.22. The van der Waals surface area contributed by atoms with Gasteiger partial charge in [0, 0.05) is 43.4 Å². The van der Waals surface area contributed by atoms with Crippen molar-refractivity contribution < 1.29 is 4.79 Å². The molecule has 3 heterocycles. The number of anilines is 2. The largest absolute Gasteiger partial charge is 0.368 e. The lowest BCUT2D eigenvalue weighted by Crippen LogP contribution is -2.47. The van der Waals surface area contributed by atoms with Crippen LogP contribution in [0.2, 0.25) is 0 Å². The standard InChI is InChI=1S/C24H26N8O/c1-31-10-12-32(13-11-31)23(33)17-8-6-16(7-9-17)20-14-21(30-24(25)29-20)26-15-22-27-18-4-2-3-5-19(18)28-22/h2-9,14H,10-13,15H2,1H3,(H,27,28)(H3,25,26,29,30). The van der Waals surface area contributed by atoms with Crippen molar-refractivity contribution in [2.45, 2.75) is 6.54 Å². The Morgan fingerprint density at radius 3 is 2.55 bits per heavy atom. The maximum atomic E-state index is 12.8. The van der Waals surface area contributed by atoms with Gasteiger partial charge in [-0.1, -0.05) is 24.3 Å². The Bertz CT molecular complexity index is 1240. The third-order valence-corrected chi connectivity index (χ3v) is 5.84. The number of nitrogens with two attached hydrogens (primary N) is 1. The smallest absolute Gasteiger partial charge is 0.253 e. The average Bonchev–Trinajstić information content (AvgIpc) is 3.26. The molecule has 1 saturated heterocycles. The van der Waals surface area contributed by atoms with Gasteiger partial charge in [-0.3, -0.25) is 4.79 Å². The van der Waals surface area contributed by atoms with E-state index in [1.807, 2.05) is 59.5 Å². The zero-order valence-corrected chi connectivity index (χ0v) is 18.5. The Hall–Kier alpha value is -3.98. The van der Waals surface area contributed by atoms with Crippen molar-refractivity contribution in [2.75, 3.05) is 44.3 Å². The molecule has 9 heteroatoms. The number of hydrogen-bond donors (Lipinski definition) is 3. The third kappa shape index (κ3) is 4.63. The van der Waals surface area contributed by atoms with E-state index >= 15 is 0 Å². The molecule has 0 bridgehead atoms. The van der Waals surface area contributed by atoms with Crippen LogP contribution in [-0.4, -0.2) is 68.9 Å². The molecule has 2 aromatic carbocycles. The second kappa shape index (κ2) is 8.87. The van der Waals surface area contributed by atoms with Gasteiger partial charge in [-0.2, -0.15) is 4.98 Å². The normalized spacial score (nSPS) is 14.5. The van der Waals surface area contributed by atoms with Crippen LogP contribution in [0.3, 0.4) is 0 Å². The number of likely N-dealkylation sites (N-methyl/N-ethyl adjacent to an activating group) is 1. The molecule has 4 aromatic rings. The number of H-pyrrole nitrogens is 1. The van der Waals surface area contributed by atoms with E-state index in [0.29, 0.717) is 23.6 Å². The SMILES string of the molecule is CN1CCN(C(=O)c2ccc(-c3cc(NCc4nc5ccccc5[nH]4)nc(N)n3)cc2)CC1. The van der Waals surface area contributed by atoms with Gasteiger partial charge in [-0.15, -0.1) is 0 Å². The fourth-order valence-corrected chi connectivity index (χ4v) is 3.94. The maximum Gasteiger partial charge on any atom is 0.253 e. The Kier molecular flexibility index (Phi) is 5.62. The van der Waals surface area contributed by atoms with Crippen molar-refractivity contribution >= 4 is 28.7 Å².